The van der Waals surface area contributed by atoms with Crippen LogP contribution in [0.1, 0.15) is 52.8 Å². The van der Waals surface area contributed by atoms with Gasteiger partial charge in [-0.1, -0.05) is 47.0 Å². The molecule has 0 spiro atoms. The van der Waals surface area contributed by atoms with E-state index in [0.29, 0.717) is 0 Å². The van der Waals surface area contributed by atoms with Gasteiger partial charge < -0.3 is 0 Å². The summed E-state index contributed by atoms with van der Waals surface area (Å²) in [4.78, 5) is 7.74. The molecule has 0 atom stereocenters. The van der Waals surface area contributed by atoms with Crippen LogP contribution in [0.3, 0.4) is 0 Å². The van der Waals surface area contributed by atoms with Crippen molar-refractivity contribution < 1.29 is 0 Å². The van der Waals surface area contributed by atoms with Crippen molar-refractivity contribution in [2.45, 2.75) is 53.9 Å². The third kappa shape index (κ3) is 13.7. The Balaban J connectivity index is 0. The Kier molecular flexibility index (Phi) is 16.2. The molecular formula is C12H24N2. The Morgan fingerprint density at radius 2 is 1.43 bits per heavy atom. The van der Waals surface area contributed by atoms with Crippen molar-refractivity contribution in [3.63, 3.8) is 0 Å². The Bertz CT molecular complexity index is 171. The maximum absolute atomic E-state index is 3.87. The molecular weight excluding hydrogens is 172 g/mol. The number of hydrogen-bond acceptors (Lipinski definition) is 2. The molecule has 1 rings (SSSR count). The first-order valence-corrected chi connectivity index (χ1v) is 5.54. The molecule has 0 N–H and O–H groups in total. The van der Waals surface area contributed by atoms with E-state index in [4.69, 9.17) is 0 Å². The van der Waals surface area contributed by atoms with Gasteiger partial charge in [-0.05, 0) is 13.0 Å². The molecule has 14 heavy (non-hydrogen) atoms. The predicted molar refractivity (Wildman–Crippen MR) is 63.3 cm³/mol. The molecule has 1 aromatic heterocycles. The van der Waals surface area contributed by atoms with E-state index >= 15 is 0 Å². The van der Waals surface area contributed by atoms with Gasteiger partial charge in [0, 0.05) is 12.4 Å². The average molecular weight is 196 g/mol. The molecule has 0 fully saturated rings. The molecule has 1 aromatic rings. The van der Waals surface area contributed by atoms with Gasteiger partial charge in [-0.15, -0.1) is 0 Å². The molecule has 0 saturated carbocycles. The van der Waals surface area contributed by atoms with Crippen LogP contribution in [0, 0.1) is 6.92 Å². The summed E-state index contributed by atoms with van der Waals surface area (Å²) in [5.74, 6) is 0.822. The van der Waals surface area contributed by atoms with Crippen molar-refractivity contribution >= 4 is 0 Å². The zero-order valence-electron chi connectivity index (χ0n) is 10.2. The minimum atomic E-state index is 0.822. The van der Waals surface area contributed by atoms with Crippen molar-refractivity contribution in [2.75, 3.05) is 0 Å². The zero-order chi connectivity index (χ0) is 11.2. The van der Waals surface area contributed by atoms with E-state index in [1.54, 1.807) is 18.5 Å². The fraction of sp³-hybridized carbons (Fsp3) is 0.667. The Labute approximate surface area is 88.8 Å². The van der Waals surface area contributed by atoms with Gasteiger partial charge in [-0.2, -0.15) is 0 Å². The van der Waals surface area contributed by atoms with Crippen molar-refractivity contribution in [3.8, 4) is 0 Å². The van der Waals surface area contributed by atoms with E-state index in [1.807, 2.05) is 20.8 Å². The lowest BCUT2D eigenvalue weighted by atomic mass is 10.3. The molecule has 0 aliphatic heterocycles. The molecule has 0 amide bonds. The Morgan fingerprint density at radius 1 is 1.00 bits per heavy atom. The molecule has 82 valence electrons. The monoisotopic (exact) mass is 196 g/mol. The molecule has 0 bridgehead atoms. The third-order valence-corrected chi connectivity index (χ3v) is 1.40. The number of nitrogens with zero attached hydrogens (tertiary/aromatic N) is 2. The summed E-state index contributed by atoms with van der Waals surface area (Å²) in [6.45, 7) is 10.3. The minimum absolute atomic E-state index is 0.822. The summed E-state index contributed by atoms with van der Waals surface area (Å²) < 4.78 is 0. The van der Waals surface area contributed by atoms with Crippen LogP contribution in [0.2, 0.25) is 0 Å². The van der Waals surface area contributed by atoms with Gasteiger partial charge in [0.2, 0.25) is 0 Å². The number of aromatic nitrogens is 2. The summed E-state index contributed by atoms with van der Waals surface area (Å²) in [5, 5.41) is 0. The first-order chi connectivity index (χ1) is 6.81. The van der Waals surface area contributed by atoms with Gasteiger partial charge in [0.1, 0.15) is 5.82 Å². The topological polar surface area (TPSA) is 25.8 Å². The largest absolute Gasteiger partial charge is 0.242 e. The second-order valence-corrected chi connectivity index (χ2v) is 2.65. The summed E-state index contributed by atoms with van der Waals surface area (Å²) in [6, 6.07) is 1.80. The summed E-state index contributed by atoms with van der Waals surface area (Å²) in [7, 11) is 0. The van der Waals surface area contributed by atoms with Gasteiger partial charge >= 0.3 is 0 Å². The fourth-order valence-corrected chi connectivity index (χ4v) is 0.727. The summed E-state index contributed by atoms with van der Waals surface area (Å²) in [5.41, 5.74) is 0. The lowest BCUT2D eigenvalue weighted by Crippen LogP contribution is -1.80. The highest BCUT2D eigenvalue weighted by Crippen LogP contribution is 1.88. The van der Waals surface area contributed by atoms with E-state index in [0.717, 1.165) is 5.82 Å². The highest BCUT2D eigenvalue weighted by atomic mass is 14.8. The van der Waals surface area contributed by atoms with Gasteiger partial charge in [0.15, 0.2) is 0 Å². The summed E-state index contributed by atoms with van der Waals surface area (Å²) >= 11 is 0. The smallest absolute Gasteiger partial charge is 0.125 e. The van der Waals surface area contributed by atoms with Crippen LogP contribution in [0.5, 0.6) is 0 Å². The predicted octanol–water partition coefficient (Wildman–Crippen LogP) is 4.01. The molecule has 0 saturated heterocycles. The molecule has 2 heteroatoms. The quantitative estimate of drug-likeness (QED) is 0.714. The average Bonchev–Trinajstić information content (AvgIpc) is 2.24. The zero-order valence-corrected chi connectivity index (χ0v) is 10.2. The SMILES string of the molecule is CC.CCCCC.Cc1ncccn1. The molecule has 1 heterocycles. The highest BCUT2D eigenvalue weighted by Gasteiger charge is 1.74. The Morgan fingerprint density at radius 3 is 1.57 bits per heavy atom. The Hall–Kier alpha value is -0.920. The standard InChI is InChI=1S/C5H6N2.C5H12.C2H6/c1-5-6-3-2-4-7-5;1-3-5-4-2;1-2/h2-4H,1H3;3-5H2,1-2H3;1-2H3. The molecule has 2 nitrogen and oxygen atoms in total. The summed E-state index contributed by atoms with van der Waals surface area (Å²) in [6.07, 6.45) is 7.53. The van der Waals surface area contributed by atoms with Crippen LogP contribution >= 0.6 is 0 Å². The molecule has 0 unspecified atom stereocenters. The normalized spacial score (nSPS) is 7.79. The van der Waals surface area contributed by atoms with E-state index in [9.17, 15) is 0 Å². The van der Waals surface area contributed by atoms with Crippen molar-refractivity contribution in [1.82, 2.24) is 9.97 Å². The highest BCUT2D eigenvalue weighted by molar-refractivity contribution is 4.83. The van der Waals surface area contributed by atoms with Gasteiger partial charge in [-0.3, -0.25) is 0 Å². The molecule has 0 aliphatic rings. The number of hydrogen-bond donors (Lipinski definition) is 0. The van der Waals surface area contributed by atoms with Gasteiger partial charge in [-0.25, -0.2) is 9.97 Å². The van der Waals surface area contributed by atoms with E-state index < -0.39 is 0 Å². The van der Waals surface area contributed by atoms with Crippen LogP contribution in [-0.4, -0.2) is 9.97 Å². The van der Waals surface area contributed by atoms with Gasteiger partial charge in [0.25, 0.3) is 0 Å². The maximum atomic E-state index is 3.87. The number of unbranched alkanes of at least 4 members (excludes halogenated alkanes) is 2. The van der Waals surface area contributed by atoms with Crippen LogP contribution in [-0.2, 0) is 0 Å². The molecule has 0 radical (unpaired) electrons. The van der Waals surface area contributed by atoms with Crippen molar-refractivity contribution in [2.24, 2.45) is 0 Å². The van der Waals surface area contributed by atoms with Crippen LogP contribution in [0.15, 0.2) is 18.5 Å². The van der Waals surface area contributed by atoms with E-state index in [2.05, 4.69) is 23.8 Å². The minimum Gasteiger partial charge on any atom is -0.242 e. The van der Waals surface area contributed by atoms with Gasteiger partial charge in [0.05, 0.1) is 0 Å². The van der Waals surface area contributed by atoms with Crippen molar-refractivity contribution in [1.29, 1.82) is 0 Å². The van der Waals surface area contributed by atoms with E-state index in [1.165, 1.54) is 19.3 Å². The fourth-order valence-electron chi connectivity index (χ4n) is 0.727. The second kappa shape index (κ2) is 14.6. The third-order valence-electron chi connectivity index (χ3n) is 1.40. The lowest BCUT2D eigenvalue weighted by Gasteiger charge is -1.81. The first kappa shape index (κ1) is 15.5. The van der Waals surface area contributed by atoms with Crippen LogP contribution in [0.25, 0.3) is 0 Å². The number of rotatable bonds is 2. The first-order valence-electron chi connectivity index (χ1n) is 5.54. The maximum Gasteiger partial charge on any atom is 0.125 e. The van der Waals surface area contributed by atoms with Crippen LogP contribution < -0.4 is 0 Å². The second-order valence-electron chi connectivity index (χ2n) is 2.65. The van der Waals surface area contributed by atoms with Crippen molar-refractivity contribution in [3.05, 3.63) is 24.3 Å². The lowest BCUT2D eigenvalue weighted by molar-refractivity contribution is 0.772. The number of aryl methyl sites for hydroxylation is 1. The van der Waals surface area contributed by atoms with E-state index in [-0.39, 0.29) is 0 Å². The molecule has 0 aliphatic carbocycles. The molecule has 0 aromatic carbocycles. The van der Waals surface area contributed by atoms with Crippen LogP contribution in [0.4, 0.5) is 0 Å².